The summed E-state index contributed by atoms with van der Waals surface area (Å²) in [5.74, 6) is -0.725. The van der Waals surface area contributed by atoms with Gasteiger partial charge in [0.2, 0.25) is 10.0 Å². The molecule has 0 fully saturated rings. The van der Waals surface area contributed by atoms with Crippen molar-refractivity contribution in [2.45, 2.75) is 31.4 Å². The van der Waals surface area contributed by atoms with Crippen molar-refractivity contribution in [3.05, 3.63) is 64.0 Å². The Hall–Kier alpha value is -2.13. The fraction of sp³-hybridized carbons (Fsp3) is 0.222. The van der Waals surface area contributed by atoms with Gasteiger partial charge in [-0.05, 0) is 32.0 Å². The van der Waals surface area contributed by atoms with Gasteiger partial charge in [-0.15, -0.1) is 0 Å². The van der Waals surface area contributed by atoms with Crippen LogP contribution in [0, 0.1) is 6.92 Å². The van der Waals surface area contributed by atoms with Crippen LogP contribution in [0.4, 0.5) is 0 Å². The Morgan fingerprint density at radius 1 is 1.25 bits per heavy atom. The second-order valence-electron chi connectivity index (χ2n) is 6.23. The molecule has 0 radical (unpaired) electrons. The van der Waals surface area contributed by atoms with E-state index >= 15 is 0 Å². The fourth-order valence-corrected chi connectivity index (χ4v) is 4.20. The van der Waals surface area contributed by atoms with Crippen molar-refractivity contribution < 1.29 is 17.9 Å². The first kappa shape index (κ1) is 20.6. The molecule has 148 valence electrons. The van der Waals surface area contributed by atoms with E-state index in [1.54, 1.807) is 35.0 Å². The minimum atomic E-state index is -3.84. The molecule has 0 aliphatic carbocycles. The quantitative estimate of drug-likeness (QED) is 0.592. The van der Waals surface area contributed by atoms with Gasteiger partial charge in [0.15, 0.2) is 5.65 Å². The van der Waals surface area contributed by atoms with Crippen molar-refractivity contribution in [3.8, 4) is 0 Å². The molecule has 1 atom stereocenters. The van der Waals surface area contributed by atoms with E-state index in [9.17, 15) is 13.2 Å². The Kier molecular flexibility index (Phi) is 5.95. The molecule has 28 heavy (non-hydrogen) atoms. The van der Waals surface area contributed by atoms with E-state index in [1.165, 1.54) is 19.1 Å². The summed E-state index contributed by atoms with van der Waals surface area (Å²) < 4.78 is 33.8. The predicted molar refractivity (Wildman–Crippen MR) is 106 cm³/mol. The van der Waals surface area contributed by atoms with Gasteiger partial charge in [0.05, 0.1) is 20.6 Å². The number of esters is 1. The molecule has 0 bridgehead atoms. The molecule has 3 rings (SSSR count). The summed E-state index contributed by atoms with van der Waals surface area (Å²) in [5, 5.41) is 0.807. The first-order chi connectivity index (χ1) is 13.2. The van der Waals surface area contributed by atoms with E-state index in [0.29, 0.717) is 21.4 Å². The van der Waals surface area contributed by atoms with Crippen LogP contribution in [0.25, 0.3) is 5.65 Å². The lowest BCUT2D eigenvalue weighted by Gasteiger charge is -2.13. The van der Waals surface area contributed by atoms with Crippen LogP contribution in [-0.4, -0.2) is 29.8 Å². The molecule has 0 amide bonds. The molecular formula is C18H17Cl2N3O4S. The number of hydrogen-bond donors (Lipinski definition) is 1. The number of carbonyl (C=O) groups excluding carboxylic acids is 1. The number of sulfonamides is 1. The molecule has 0 aliphatic rings. The van der Waals surface area contributed by atoms with E-state index < -0.39 is 22.0 Å². The van der Waals surface area contributed by atoms with Crippen LogP contribution >= 0.6 is 23.2 Å². The average Bonchev–Trinajstić information content (AvgIpc) is 3.02. The average molecular weight is 442 g/mol. The number of hydrogen-bond acceptors (Lipinski definition) is 5. The molecule has 0 aliphatic heterocycles. The number of nitrogens with one attached hydrogen (secondary N) is 1. The third kappa shape index (κ3) is 4.64. The number of nitrogens with zero attached hydrogens (tertiary/aromatic N) is 2. The van der Waals surface area contributed by atoms with Crippen molar-refractivity contribution in [2.75, 3.05) is 0 Å². The first-order valence-corrected chi connectivity index (χ1v) is 10.5. The maximum Gasteiger partial charge on any atom is 0.324 e. The van der Waals surface area contributed by atoms with E-state index in [2.05, 4.69) is 9.71 Å². The zero-order valence-electron chi connectivity index (χ0n) is 15.0. The monoisotopic (exact) mass is 441 g/mol. The number of imidazole rings is 1. The molecule has 0 saturated heterocycles. The van der Waals surface area contributed by atoms with Gasteiger partial charge in [-0.2, -0.15) is 4.72 Å². The van der Waals surface area contributed by atoms with Crippen LogP contribution in [0.5, 0.6) is 0 Å². The summed E-state index contributed by atoms with van der Waals surface area (Å²) in [7, 11) is -3.84. The molecule has 1 aromatic carbocycles. The van der Waals surface area contributed by atoms with Gasteiger partial charge in [-0.1, -0.05) is 40.9 Å². The second kappa shape index (κ2) is 8.08. The Balaban J connectivity index is 1.64. The highest BCUT2D eigenvalue weighted by molar-refractivity contribution is 7.89. The zero-order valence-corrected chi connectivity index (χ0v) is 17.3. The van der Waals surface area contributed by atoms with E-state index in [4.69, 9.17) is 27.9 Å². The number of benzene rings is 1. The minimum absolute atomic E-state index is 0.0737. The molecular weight excluding hydrogens is 425 g/mol. The summed E-state index contributed by atoms with van der Waals surface area (Å²) in [6.07, 6.45) is 3.25. The normalized spacial score (nSPS) is 12.9. The molecule has 10 heteroatoms. The number of rotatable bonds is 6. The molecule has 1 N–H and O–H groups in total. The van der Waals surface area contributed by atoms with Crippen LogP contribution < -0.4 is 4.72 Å². The number of carbonyl (C=O) groups is 1. The van der Waals surface area contributed by atoms with Gasteiger partial charge in [0, 0.05) is 12.4 Å². The standard InChI is InChI=1S/C18H17Cl2N3O4S/c1-11-3-5-15(6-4-11)28(25,26)22-12(2)18(24)27-10-14-9-23-8-13(19)7-16(20)17(23)21-14/h3-9,12,22H,10H2,1-2H3. The van der Waals surface area contributed by atoms with Crippen LogP contribution in [0.1, 0.15) is 18.2 Å². The Morgan fingerprint density at radius 3 is 2.61 bits per heavy atom. The summed E-state index contributed by atoms with van der Waals surface area (Å²) in [6.45, 7) is 3.13. The van der Waals surface area contributed by atoms with Crippen molar-refractivity contribution in [2.24, 2.45) is 0 Å². The lowest BCUT2D eigenvalue weighted by molar-refractivity contribution is -0.146. The summed E-state index contributed by atoms with van der Waals surface area (Å²) >= 11 is 12.0. The van der Waals surface area contributed by atoms with Gasteiger partial charge >= 0.3 is 5.97 Å². The highest BCUT2D eigenvalue weighted by Gasteiger charge is 2.23. The van der Waals surface area contributed by atoms with Crippen molar-refractivity contribution in [1.29, 1.82) is 0 Å². The second-order valence-corrected chi connectivity index (χ2v) is 8.79. The molecule has 0 spiro atoms. The van der Waals surface area contributed by atoms with Gasteiger partial charge in [-0.25, -0.2) is 13.4 Å². The van der Waals surface area contributed by atoms with Crippen molar-refractivity contribution in [3.63, 3.8) is 0 Å². The maximum atomic E-state index is 12.4. The first-order valence-electron chi connectivity index (χ1n) is 8.24. The topological polar surface area (TPSA) is 89.8 Å². The highest BCUT2D eigenvalue weighted by Crippen LogP contribution is 2.22. The van der Waals surface area contributed by atoms with E-state index in [0.717, 1.165) is 5.56 Å². The van der Waals surface area contributed by atoms with Crippen LogP contribution in [0.3, 0.4) is 0 Å². The lowest BCUT2D eigenvalue weighted by Crippen LogP contribution is -2.39. The largest absolute Gasteiger partial charge is 0.458 e. The van der Waals surface area contributed by atoms with E-state index in [-0.39, 0.29) is 11.5 Å². The number of aromatic nitrogens is 2. The smallest absolute Gasteiger partial charge is 0.324 e. The number of fused-ring (bicyclic) bond motifs is 1. The third-order valence-corrected chi connectivity index (χ3v) is 5.94. The van der Waals surface area contributed by atoms with Gasteiger partial charge in [0.1, 0.15) is 12.6 Å². The Labute approximate surface area is 172 Å². The highest BCUT2D eigenvalue weighted by atomic mass is 35.5. The minimum Gasteiger partial charge on any atom is -0.458 e. The maximum absolute atomic E-state index is 12.4. The van der Waals surface area contributed by atoms with Crippen LogP contribution in [0.2, 0.25) is 10.0 Å². The lowest BCUT2D eigenvalue weighted by atomic mass is 10.2. The summed E-state index contributed by atoms with van der Waals surface area (Å²) in [6, 6.07) is 6.80. The van der Waals surface area contributed by atoms with Crippen LogP contribution in [-0.2, 0) is 26.2 Å². The predicted octanol–water partition coefficient (Wildman–Crippen LogP) is 3.36. The van der Waals surface area contributed by atoms with Gasteiger partial charge in [0.25, 0.3) is 0 Å². The van der Waals surface area contributed by atoms with Crippen molar-refractivity contribution in [1.82, 2.24) is 14.1 Å². The number of halogens is 2. The SMILES string of the molecule is Cc1ccc(S(=O)(=O)NC(C)C(=O)OCc2cn3cc(Cl)cc(Cl)c3n2)cc1. The Morgan fingerprint density at radius 2 is 1.93 bits per heavy atom. The molecule has 0 saturated carbocycles. The van der Waals surface area contributed by atoms with Gasteiger partial charge in [-0.3, -0.25) is 4.79 Å². The molecule has 3 aromatic rings. The van der Waals surface area contributed by atoms with Crippen LogP contribution in [0.15, 0.2) is 47.6 Å². The van der Waals surface area contributed by atoms with Gasteiger partial charge < -0.3 is 9.14 Å². The Bertz CT molecular complexity index is 1130. The van der Waals surface area contributed by atoms with E-state index in [1.807, 2.05) is 6.92 Å². The molecule has 7 nitrogen and oxygen atoms in total. The third-order valence-electron chi connectivity index (χ3n) is 3.90. The summed E-state index contributed by atoms with van der Waals surface area (Å²) in [4.78, 5) is 16.5. The molecule has 2 aromatic heterocycles. The zero-order chi connectivity index (χ0) is 20.5. The molecule has 2 heterocycles. The summed E-state index contributed by atoms with van der Waals surface area (Å²) in [5.41, 5.74) is 1.86. The number of ether oxygens (including phenoxy) is 1. The fourth-order valence-electron chi connectivity index (χ4n) is 2.48. The number of aryl methyl sites for hydroxylation is 1. The van der Waals surface area contributed by atoms with Crippen molar-refractivity contribution >= 4 is 44.8 Å². The molecule has 1 unspecified atom stereocenters. The number of pyridine rings is 1.